The Balaban J connectivity index is 2.33. The molecule has 0 aromatic carbocycles. The quantitative estimate of drug-likeness (QED) is 0.926. The molecule has 0 bridgehead atoms. The van der Waals surface area contributed by atoms with Crippen LogP contribution in [0.1, 0.15) is 16.7 Å². The molecule has 1 N–H and O–H groups in total. The highest BCUT2D eigenvalue weighted by molar-refractivity contribution is 7.11. The number of hydrogen-bond donors (Lipinski definition) is 1. The summed E-state index contributed by atoms with van der Waals surface area (Å²) in [6.07, 6.45) is 2.35. The third-order valence-corrected chi connectivity index (χ3v) is 3.84. The van der Waals surface area contributed by atoms with Gasteiger partial charge in [-0.2, -0.15) is 0 Å². The predicted octanol–water partition coefficient (Wildman–Crippen LogP) is 1.86. The number of rotatable bonds is 3. The summed E-state index contributed by atoms with van der Waals surface area (Å²) in [6, 6.07) is 4.02. The average molecular weight is 271 g/mol. The number of H-pyrrole nitrogens is 1. The first kappa shape index (κ1) is 12.1. The average Bonchev–Trinajstić information content (AvgIpc) is 2.73. The van der Waals surface area contributed by atoms with Gasteiger partial charge in [0.1, 0.15) is 5.02 Å². The van der Waals surface area contributed by atoms with Crippen molar-refractivity contribution in [2.75, 3.05) is 0 Å². The number of nitrogens with one attached hydrogen (secondary N) is 1. The molecule has 2 aromatic heterocycles. The summed E-state index contributed by atoms with van der Waals surface area (Å²) in [5, 5.41) is 0.0249. The summed E-state index contributed by atoms with van der Waals surface area (Å²) in [5.41, 5.74) is -0.987. The van der Waals surface area contributed by atoms with Crippen LogP contribution in [-0.2, 0) is 13.0 Å². The molecule has 0 saturated heterocycles. The zero-order valence-electron chi connectivity index (χ0n) is 9.20. The van der Waals surface area contributed by atoms with E-state index in [-0.39, 0.29) is 5.02 Å². The second kappa shape index (κ2) is 4.89. The maximum atomic E-state index is 11.5. The molecule has 17 heavy (non-hydrogen) atoms. The molecule has 0 amide bonds. The molecule has 0 aliphatic rings. The van der Waals surface area contributed by atoms with E-state index < -0.39 is 11.2 Å². The second-order valence-electron chi connectivity index (χ2n) is 3.59. The van der Waals surface area contributed by atoms with Crippen molar-refractivity contribution in [2.45, 2.75) is 19.9 Å². The molecule has 90 valence electrons. The molecule has 0 saturated carbocycles. The van der Waals surface area contributed by atoms with Crippen molar-refractivity contribution < 1.29 is 0 Å². The zero-order valence-corrected chi connectivity index (χ0v) is 10.8. The normalized spacial score (nSPS) is 10.7. The summed E-state index contributed by atoms with van der Waals surface area (Å²) in [4.78, 5) is 27.1. The summed E-state index contributed by atoms with van der Waals surface area (Å²) >= 11 is 7.34. The van der Waals surface area contributed by atoms with Crippen LogP contribution >= 0.6 is 22.9 Å². The Morgan fingerprint density at radius 1 is 1.35 bits per heavy atom. The number of nitrogens with zero attached hydrogens (tertiary/aromatic N) is 1. The minimum atomic E-state index is -0.548. The van der Waals surface area contributed by atoms with Gasteiger partial charge < -0.3 is 0 Å². The van der Waals surface area contributed by atoms with E-state index in [1.807, 2.05) is 12.1 Å². The Bertz CT molecular complexity index is 641. The van der Waals surface area contributed by atoms with Gasteiger partial charge in [-0.1, -0.05) is 18.5 Å². The van der Waals surface area contributed by atoms with Crippen LogP contribution in [0.15, 0.2) is 27.9 Å². The topological polar surface area (TPSA) is 54.9 Å². The molecule has 6 heteroatoms. The minimum Gasteiger partial charge on any atom is -0.294 e. The van der Waals surface area contributed by atoms with Gasteiger partial charge in [0, 0.05) is 16.0 Å². The highest BCUT2D eigenvalue weighted by atomic mass is 35.5. The third-order valence-electron chi connectivity index (χ3n) is 2.36. The van der Waals surface area contributed by atoms with Gasteiger partial charge in [0.25, 0.3) is 5.56 Å². The largest absolute Gasteiger partial charge is 0.328 e. The van der Waals surface area contributed by atoms with E-state index in [4.69, 9.17) is 11.6 Å². The summed E-state index contributed by atoms with van der Waals surface area (Å²) in [6.45, 7) is 2.51. The summed E-state index contributed by atoms with van der Waals surface area (Å²) < 4.78 is 1.40. The van der Waals surface area contributed by atoms with Gasteiger partial charge in [0.15, 0.2) is 0 Å². The molecule has 0 spiro atoms. The Morgan fingerprint density at radius 3 is 2.71 bits per heavy atom. The molecule has 2 rings (SSSR count). The monoisotopic (exact) mass is 270 g/mol. The Labute approximate surface area is 106 Å². The maximum Gasteiger partial charge on any atom is 0.328 e. The number of thiophene rings is 1. The van der Waals surface area contributed by atoms with E-state index in [2.05, 4.69) is 11.9 Å². The lowest BCUT2D eigenvalue weighted by Crippen LogP contribution is -2.29. The van der Waals surface area contributed by atoms with E-state index in [9.17, 15) is 9.59 Å². The fraction of sp³-hybridized carbons (Fsp3) is 0.273. The van der Waals surface area contributed by atoms with E-state index >= 15 is 0 Å². The first-order valence-corrected chi connectivity index (χ1v) is 6.36. The zero-order chi connectivity index (χ0) is 12.4. The fourth-order valence-electron chi connectivity index (χ4n) is 1.47. The number of halogens is 1. The lowest BCUT2D eigenvalue weighted by Gasteiger charge is -2.02. The van der Waals surface area contributed by atoms with Crippen molar-refractivity contribution in [3.63, 3.8) is 0 Å². The number of aromatic nitrogens is 2. The van der Waals surface area contributed by atoms with E-state index in [1.54, 1.807) is 11.3 Å². The van der Waals surface area contributed by atoms with Crippen LogP contribution in [0.2, 0.25) is 5.02 Å². The number of hydrogen-bond acceptors (Lipinski definition) is 3. The van der Waals surface area contributed by atoms with Crippen LogP contribution in [0.5, 0.6) is 0 Å². The maximum absolute atomic E-state index is 11.5. The lowest BCUT2D eigenvalue weighted by atomic mass is 10.3. The molecule has 0 fully saturated rings. The number of aromatic amines is 1. The molecule has 0 unspecified atom stereocenters. The predicted molar refractivity (Wildman–Crippen MR) is 69.1 cm³/mol. The summed E-state index contributed by atoms with van der Waals surface area (Å²) in [7, 11) is 0. The van der Waals surface area contributed by atoms with Gasteiger partial charge in [0.05, 0.1) is 6.54 Å². The molecular weight excluding hydrogens is 260 g/mol. The third kappa shape index (κ3) is 2.68. The van der Waals surface area contributed by atoms with Crippen molar-refractivity contribution in [1.82, 2.24) is 9.55 Å². The van der Waals surface area contributed by atoms with Crippen molar-refractivity contribution in [3.8, 4) is 0 Å². The number of aryl methyl sites for hydroxylation is 1. The van der Waals surface area contributed by atoms with Crippen LogP contribution in [0, 0.1) is 0 Å². The van der Waals surface area contributed by atoms with Crippen LogP contribution in [-0.4, -0.2) is 9.55 Å². The first-order chi connectivity index (χ1) is 8.10. The van der Waals surface area contributed by atoms with Gasteiger partial charge >= 0.3 is 5.69 Å². The smallest absolute Gasteiger partial charge is 0.294 e. The Kier molecular flexibility index (Phi) is 3.49. The minimum absolute atomic E-state index is 0.0249. The molecule has 2 heterocycles. The highest BCUT2D eigenvalue weighted by Gasteiger charge is 2.04. The summed E-state index contributed by atoms with van der Waals surface area (Å²) in [5.74, 6) is 0. The Morgan fingerprint density at radius 2 is 2.06 bits per heavy atom. The molecular formula is C11H11ClN2O2S. The van der Waals surface area contributed by atoms with E-state index in [0.717, 1.165) is 11.3 Å². The van der Waals surface area contributed by atoms with Crippen molar-refractivity contribution in [2.24, 2.45) is 0 Å². The highest BCUT2D eigenvalue weighted by Crippen LogP contribution is 2.17. The molecule has 0 atom stereocenters. The van der Waals surface area contributed by atoms with Gasteiger partial charge in [0.2, 0.25) is 0 Å². The van der Waals surface area contributed by atoms with Crippen LogP contribution in [0.4, 0.5) is 0 Å². The molecule has 2 aromatic rings. The van der Waals surface area contributed by atoms with Crippen LogP contribution in [0.25, 0.3) is 0 Å². The van der Waals surface area contributed by atoms with Crippen molar-refractivity contribution in [1.29, 1.82) is 0 Å². The van der Waals surface area contributed by atoms with Gasteiger partial charge in [-0.25, -0.2) is 4.79 Å². The second-order valence-corrected chi connectivity index (χ2v) is 5.25. The van der Waals surface area contributed by atoms with Crippen molar-refractivity contribution in [3.05, 3.63) is 53.9 Å². The lowest BCUT2D eigenvalue weighted by molar-refractivity contribution is 0.729. The Hall–Kier alpha value is -1.33. The fourth-order valence-corrected chi connectivity index (χ4v) is 2.59. The molecule has 0 aliphatic heterocycles. The van der Waals surface area contributed by atoms with E-state index in [1.165, 1.54) is 15.6 Å². The first-order valence-electron chi connectivity index (χ1n) is 5.17. The molecule has 0 radical (unpaired) electrons. The van der Waals surface area contributed by atoms with Crippen LogP contribution < -0.4 is 11.2 Å². The standard InChI is InChI=1S/C11H11ClN2O2S/c1-2-7-3-4-8(17-7)5-14-6-9(12)10(15)13-11(14)16/h3-4,6H,2,5H2,1H3,(H,13,15,16). The SMILES string of the molecule is CCc1ccc(Cn2cc(Cl)c(=O)[nH]c2=O)s1. The molecule has 4 nitrogen and oxygen atoms in total. The van der Waals surface area contributed by atoms with Gasteiger partial charge in [-0.05, 0) is 18.6 Å². The van der Waals surface area contributed by atoms with Crippen molar-refractivity contribution >= 4 is 22.9 Å². The molecule has 0 aliphatic carbocycles. The van der Waals surface area contributed by atoms with Gasteiger partial charge in [-0.3, -0.25) is 14.3 Å². The van der Waals surface area contributed by atoms with E-state index in [0.29, 0.717) is 6.54 Å². The van der Waals surface area contributed by atoms with Crippen LogP contribution in [0.3, 0.4) is 0 Å². The van der Waals surface area contributed by atoms with Gasteiger partial charge in [-0.15, -0.1) is 11.3 Å².